The van der Waals surface area contributed by atoms with Crippen molar-refractivity contribution in [1.82, 2.24) is 14.9 Å². The molecule has 0 spiro atoms. The minimum atomic E-state index is 0.495. The summed E-state index contributed by atoms with van der Waals surface area (Å²) in [6.07, 6.45) is 4.79. The highest BCUT2D eigenvalue weighted by Gasteiger charge is 2.18. The number of amides is 1. The van der Waals surface area contributed by atoms with Crippen LogP contribution in [0.2, 0.25) is 0 Å². The van der Waals surface area contributed by atoms with Gasteiger partial charge in [-0.25, -0.2) is 4.98 Å². The van der Waals surface area contributed by atoms with E-state index < -0.39 is 0 Å². The average Bonchev–Trinajstić information content (AvgIpc) is 2.77. The van der Waals surface area contributed by atoms with Crippen molar-refractivity contribution >= 4 is 12.2 Å². The van der Waals surface area contributed by atoms with Crippen LogP contribution in [0.1, 0.15) is 30.0 Å². The summed E-state index contributed by atoms with van der Waals surface area (Å²) in [5, 5.41) is 2.54. The van der Waals surface area contributed by atoms with Gasteiger partial charge in [0.25, 0.3) is 0 Å². The first-order valence-corrected chi connectivity index (χ1v) is 10.2. The lowest BCUT2D eigenvalue weighted by atomic mass is 9.89. The molecule has 1 aliphatic rings. The van der Waals surface area contributed by atoms with Crippen LogP contribution in [-0.2, 0) is 4.79 Å². The molecule has 2 aromatic heterocycles. The number of ether oxygens (including phenoxy) is 1. The SMILES string of the molecule is Cc1nc(NC=O)ccc1Oc1ccnc(-c2ccc(C3CCN(C)CC3)cc2)c1. The quantitative estimate of drug-likeness (QED) is 0.609. The van der Waals surface area contributed by atoms with E-state index in [0.717, 1.165) is 24.3 Å². The minimum Gasteiger partial charge on any atom is -0.455 e. The molecule has 0 saturated carbocycles. The number of likely N-dealkylation sites (tertiary alicyclic amines) is 1. The first kappa shape index (κ1) is 20.0. The van der Waals surface area contributed by atoms with Crippen molar-refractivity contribution in [3.05, 3.63) is 66.0 Å². The van der Waals surface area contributed by atoms with Crippen molar-refractivity contribution in [2.24, 2.45) is 0 Å². The molecule has 1 N–H and O–H groups in total. The van der Waals surface area contributed by atoms with Crippen LogP contribution in [0.4, 0.5) is 5.82 Å². The molecule has 0 aliphatic carbocycles. The van der Waals surface area contributed by atoms with Crippen LogP contribution >= 0.6 is 0 Å². The first-order valence-electron chi connectivity index (χ1n) is 10.2. The van der Waals surface area contributed by atoms with Gasteiger partial charge in [-0.3, -0.25) is 9.78 Å². The van der Waals surface area contributed by atoms with E-state index >= 15 is 0 Å². The molecule has 0 atom stereocenters. The summed E-state index contributed by atoms with van der Waals surface area (Å²) in [4.78, 5) is 21.8. The molecule has 3 heterocycles. The predicted octanol–water partition coefficient (Wildman–Crippen LogP) is 4.62. The molecule has 1 saturated heterocycles. The second-order valence-electron chi connectivity index (χ2n) is 7.72. The van der Waals surface area contributed by atoms with E-state index in [1.165, 1.54) is 18.4 Å². The number of rotatable bonds is 6. The lowest BCUT2D eigenvalue weighted by molar-refractivity contribution is -0.105. The zero-order valence-corrected chi connectivity index (χ0v) is 17.3. The summed E-state index contributed by atoms with van der Waals surface area (Å²) >= 11 is 0. The second-order valence-corrected chi connectivity index (χ2v) is 7.72. The van der Waals surface area contributed by atoms with Crippen molar-refractivity contribution in [1.29, 1.82) is 0 Å². The van der Waals surface area contributed by atoms with Gasteiger partial charge in [-0.1, -0.05) is 24.3 Å². The number of hydrogen-bond donors (Lipinski definition) is 1. The zero-order valence-electron chi connectivity index (χ0n) is 17.3. The Morgan fingerprint density at radius 1 is 1.10 bits per heavy atom. The minimum absolute atomic E-state index is 0.495. The molecule has 154 valence electrons. The third-order valence-corrected chi connectivity index (χ3v) is 5.60. The molecule has 3 aromatic rings. The first-order chi connectivity index (χ1) is 14.6. The number of carbonyl (C=O) groups excluding carboxylic acids is 1. The fourth-order valence-electron chi connectivity index (χ4n) is 3.82. The molecule has 1 amide bonds. The number of benzene rings is 1. The maximum absolute atomic E-state index is 10.6. The Morgan fingerprint density at radius 3 is 2.57 bits per heavy atom. The maximum Gasteiger partial charge on any atom is 0.212 e. The molecule has 1 aromatic carbocycles. The van der Waals surface area contributed by atoms with Crippen LogP contribution in [0, 0.1) is 6.92 Å². The summed E-state index contributed by atoms with van der Waals surface area (Å²) in [6.45, 7) is 4.16. The monoisotopic (exact) mass is 402 g/mol. The Balaban J connectivity index is 1.49. The highest BCUT2D eigenvalue weighted by atomic mass is 16.5. The summed E-state index contributed by atoms with van der Waals surface area (Å²) in [6, 6.07) is 16.0. The predicted molar refractivity (Wildman–Crippen MR) is 118 cm³/mol. The zero-order chi connectivity index (χ0) is 20.9. The van der Waals surface area contributed by atoms with Gasteiger partial charge in [-0.05, 0) is 69.6 Å². The summed E-state index contributed by atoms with van der Waals surface area (Å²) < 4.78 is 6.01. The van der Waals surface area contributed by atoms with E-state index in [1.807, 2.05) is 19.1 Å². The van der Waals surface area contributed by atoms with E-state index in [0.29, 0.717) is 35.3 Å². The standard InChI is InChI=1S/C24H26N4O2/c1-17-23(7-8-24(27-17)26-16-29)30-21-9-12-25-22(15-21)20-5-3-18(4-6-20)19-10-13-28(2)14-11-19/h3-9,12,15-16,19H,10-11,13-14H2,1-2H3,(H,26,27,29). The van der Waals surface area contributed by atoms with Gasteiger partial charge in [0, 0.05) is 17.8 Å². The van der Waals surface area contributed by atoms with E-state index in [4.69, 9.17) is 4.74 Å². The number of aryl methyl sites for hydroxylation is 1. The van der Waals surface area contributed by atoms with E-state index in [1.54, 1.807) is 18.3 Å². The molecule has 0 bridgehead atoms. The molecule has 6 nitrogen and oxygen atoms in total. The van der Waals surface area contributed by atoms with Gasteiger partial charge in [0.05, 0.1) is 11.4 Å². The Hall–Kier alpha value is -3.25. The topological polar surface area (TPSA) is 67.3 Å². The molecular weight excluding hydrogens is 376 g/mol. The van der Waals surface area contributed by atoms with Gasteiger partial charge in [-0.2, -0.15) is 0 Å². The Labute approximate surface area is 176 Å². The van der Waals surface area contributed by atoms with Crippen molar-refractivity contribution in [3.63, 3.8) is 0 Å². The molecule has 1 fully saturated rings. The molecule has 0 radical (unpaired) electrons. The molecule has 0 unspecified atom stereocenters. The second kappa shape index (κ2) is 9.05. The molecule has 6 heteroatoms. The van der Waals surface area contributed by atoms with Gasteiger partial charge in [0.1, 0.15) is 17.3 Å². The highest BCUT2D eigenvalue weighted by Crippen LogP contribution is 2.31. The Kier molecular flexibility index (Phi) is 6.05. The van der Waals surface area contributed by atoms with Crippen LogP contribution in [0.25, 0.3) is 11.3 Å². The molecule has 30 heavy (non-hydrogen) atoms. The van der Waals surface area contributed by atoms with Crippen molar-refractivity contribution < 1.29 is 9.53 Å². The molecule has 4 rings (SSSR count). The van der Waals surface area contributed by atoms with Crippen LogP contribution in [-0.4, -0.2) is 41.4 Å². The number of hydrogen-bond acceptors (Lipinski definition) is 5. The third-order valence-electron chi connectivity index (χ3n) is 5.60. The number of carbonyl (C=O) groups is 1. The maximum atomic E-state index is 10.6. The number of nitrogens with zero attached hydrogens (tertiary/aromatic N) is 3. The van der Waals surface area contributed by atoms with E-state index in [-0.39, 0.29) is 0 Å². The number of nitrogens with one attached hydrogen (secondary N) is 1. The van der Waals surface area contributed by atoms with Crippen LogP contribution in [0.5, 0.6) is 11.5 Å². The smallest absolute Gasteiger partial charge is 0.212 e. The van der Waals surface area contributed by atoms with E-state index in [9.17, 15) is 4.79 Å². The van der Waals surface area contributed by atoms with Gasteiger partial charge in [-0.15, -0.1) is 0 Å². The van der Waals surface area contributed by atoms with E-state index in [2.05, 4.69) is 51.5 Å². The highest BCUT2D eigenvalue weighted by molar-refractivity contribution is 5.69. The summed E-state index contributed by atoms with van der Waals surface area (Å²) in [5.41, 5.74) is 4.04. The van der Waals surface area contributed by atoms with Crippen molar-refractivity contribution in [2.75, 3.05) is 25.5 Å². The number of piperidine rings is 1. The molecular formula is C24H26N4O2. The summed E-state index contributed by atoms with van der Waals surface area (Å²) in [5.74, 6) is 2.47. The lowest BCUT2D eigenvalue weighted by Crippen LogP contribution is -2.29. The number of pyridine rings is 2. The van der Waals surface area contributed by atoms with Gasteiger partial charge in [0.2, 0.25) is 6.41 Å². The normalized spacial score (nSPS) is 15.0. The van der Waals surface area contributed by atoms with Gasteiger partial charge in [0.15, 0.2) is 0 Å². The number of anilines is 1. The fraction of sp³-hybridized carbons (Fsp3) is 0.292. The van der Waals surface area contributed by atoms with Crippen molar-refractivity contribution in [3.8, 4) is 22.8 Å². The third kappa shape index (κ3) is 4.66. The Morgan fingerprint density at radius 2 is 1.87 bits per heavy atom. The molecule has 1 aliphatic heterocycles. The lowest BCUT2D eigenvalue weighted by Gasteiger charge is -2.29. The van der Waals surface area contributed by atoms with Crippen molar-refractivity contribution in [2.45, 2.75) is 25.7 Å². The van der Waals surface area contributed by atoms with Crippen LogP contribution < -0.4 is 10.1 Å². The average molecular weight is 402 g/mol. The van der Waals surface area contributed by atoms with Crippen LogP contribution in [0.3, 0.4) is 0 Å². The van der Waals surface area contributed by atoms with Gasteiger partial charge >= 0.3 is 0 Å². The fourth-order valence-corrected chi connectivity index (χ4v) is 3.82. The van der Waals surface area contributed by atoms with Crippen LogP contribution in [0.15, 0.2) is 54.7 Å². The largest absolute Gasteiger partial charge is 0.455 e. The Bertz CT molecular complexity index is 1010. The summed E-state index contributed by atoms with van der Waals surface area (Å²) in [7, 11) is 2.19. The number of aromatic nitrogens is 2. The van der Waals surface area contributed by atoms with Gasteiger partial charge < -0.3 is 15.0 Å².